The molecule has 3 aromatic rings. The van der Waals surface area contributed by atoms with E-state index in [1.807, 2.05) is 0 Å². The Bertz CT molecular complexity index is 1010. The van der Waals surface area contributed by atoms with Gasteiger partial charge in [0.25, 0.3) is 0 Å². The molecule has 3 rings (SSSR count). The zero-order valence-corrected chi connectivity index (χ0v) is 18.8. The Morgan fingerprint density at radius 2 is 2.04 bits per heavy atom. The summed E-state index contributed by atoms with van der Waals surface area (Å²) in [6.45, 7) is 1.91. The van der Waals surface area contributed by atoms with E-state index in [4.69, 9.17) is 16.3 Å². The van der Waals surface area contributed by atoms with Gasteiger partial charge in [-0.1, -0.05) is 29.8 Å². The van der Waals surface area contributed by atoms with Crippen molar-refractivity contribution >= 4 is 28.5 Å². The third-order valence-corrected chi connectivity index (χ3v) is 4.51. The molecule has 0 amide bonds. The number of methoxy groups -OCH3 is 1. The number of ether oxygens (including phenoxy) is 1. The quantitative estimate of drug-likeness (QED) is 0.543. The Hall–Kier alpha value is -1.03. The average molecular weight is 419 g/mol. The van der Waals surface area contributed by atoms with E-state index < -0.39 is 17.5 Å². The number of carbonyl (C=O) groups is 1. The predicted octanol–water partition coefficient (Wildman–Crippen LogP) is -0.0993. The van der Waals surface area contributed by atoms with Crippen molar-refractivity contribution in [2.45, 2.75) is 19.4 Å². The summed E-state index contributed by atoms with van der Waals surface area (Å²) in [6, 6.07) is 8.74. The fourth-order valence-corrected chi connectivity index (χ4v) is 3.03. The molecule has 0 saturated heterocycles. The Balaban J connectivity index is 0.00000261. The van der Waals surface area contributed by atoms with E-state index >= 15 is 0 Å². The van der Waals surface area contributed by atoms with Crippen molar-refractivity contribution in [1.29, 1.82) is 0 Å². The van der Waals surface area contributed by atoms with Crippen LogP contribution in [0.2, 0.25) is 5.02 Å². The summed E-state index contributed by atoms with van der Waals surface area (Å²) in [5.74, 6) is -6.01. The molecule has 0 unspecified atom stereocenters. The van der Waals surface area contributed by atoms with E-state index in [9.17, 15) is 18.7 Å². The minimum absolute atomic E-state index is 0. The molecule has 1 heterocycles. The maximum atomic E-state index is 13.8. The molecular weight excluding hydrogens is 405 g/mol. The third kappa shape index (κ3) is 4.20. The number of carbonyl (C=O) groups excluding carboxylic acids is 1. The van der Waals surface area contributed by atoms with Crippen molar-refractivity contribution in [1.82, 2.24) is 9.78 Å². The monoisotopic (exact) mass is 418 g/mol. The summed E-state index contributed by atoms with van der Waals surface area (Å²) >= 11 is 6.23. The maximum Gasteiger partial charge on any atom is 1.00 e. The largest absolute Gasteiger partial charge is 1.00 e. The molecule has 0 aliphatic heterocycles. The topological polar surface area (TPSA) is 67.2 Å². The van der Waals surface area contributed by atoms with Gasteiger partial charge in [0.2, 0.25) is 0 Å². The minimum Gasteiger partial charge on any atom is -0.544 e. The van der Waals surface area contributed by atoms with Crippen LogP contribution < -0.4 is 61.2 Å². The van der Waals surface area contributed by atoms with Gasteiger partial charge in [-0.3, -0.25) is 4.68 Å². The maximum absolute atomic E-state index is 13.8. The van der Waals surface area contributed by atoms with Crippen molar-refractivity contribution in [3.05, 3.63) is 58.2 Å². The van der Waals surface area contributed by atoms with E-state index in [0.29, 0.717) is 32.9 Å². The molecule has 0 spiro atoms. The molecule has 0 fully saturated rings. The molecule has 0 N–H and O–H groups in total. The fourth-order valence-electron chi connectivity index (χ4n) is 2.81. The van der Waals surface area contributed by atoms with Crippen molar-refractivity contribution < 1.29 is 74.8 Å². The van der Waals surface area contributed by atoms with Gasteiger partial charge in [0.1, 0.15) is 11.7 Å². The molecule has 9 heteroatoms. The van der Waals surface area contributed by atoms with Crippen LogP contribution in [0.3, 0.4) is 0 Å². The molecule has 136 valence electrons. The van der Waals surface area contributed by atoms with Crippen molar-refractivity contribution in [3.63, 3.8) is 0 Å². The number of hydrogen-bond acceptors (Lipinski definition) is 4. The number of aromatic nitrogens is 2. The number of hydrogen-bond donors (Lipinski definition) is 0. The molecule has 2 aromatic carbocycles. The molecule has 5 nitrogen and oxygen atoms in total. The number of carboxylic acid groups (broad SMARTS) is 1. The molecular formula is C18H14ClF2KN2O3. The van der Waals surface area contributed by atoms with Crippen LogP contribution in [0.1, 0.15) is 16.8 Å². The molecule has 0 radical (unpaired) electrons. The molecule has 0 saturated carbocycles. The van der Waals surface area contributed by atoms with Gasteiger partial charge in [-0.2, -0.15) is 13.9 Å². The summed E-state index contributed by atoms with van der Waals surface area (Å²) in [6.07, 6.45) is 0. The van der Waals surface area contributed by atoms with Gasteiger partial charge in [-0.25, -0.2) is 0 Å². The summed E-state index contributed by atoms with van der Waals surface area (Å²) in [7, 11) is 1.50. The average Bonchev–Trinajstić information content (AvgIpc) is 2.92. The van der Waals surface area contributed by atoms with Crippen LogP contribution in [0.25, 0.3) is 10.9 Å². The molecule has 0 bridgehead atoms. The fraction of sp³-hybridized carbons (Fsp3) is 0.222. The van der Waals surface area contributed by atoms with Gasteiger partial charge in [0.15, 0.2) is 0 Å². The number of aryl methyl sites for hydroxylation is 1. The second-order valence-electron chi connectivity index (χ2n) is 5.76. The standard InChI is InChI=1S/C18H15ClF2N2O3.K/c1-10-12-7-6-11(18(20,21)17(24)25)8-15(12)23(22-10)9-13-14(19)4-3-5-16(13)26-2;/h3-8H,9H2,1-2H3,(H,24,25);/q;+1/p-1. The van der Waals surface area contributed by atoms with Crippen LogP contribution in [-0.4, -0.2) is 22.9 Å². The number of alkyl halides is 2. The van der Waals surface area contributed by atoms with Crippen molar-refractivity contribution in [2.24, 2.45) is 0 Å². The summed E-state index contributed by atoms with van der Waals surface area (Å²) < 4.78 is 34.4. The first-order valence-corrected chi connectivity index (χ1v) is 8.01. The first-order chi connectivity index (χ1) is 12.3. The van der Waals surface area contributed by atoms with Gasteiger partial charge < -0.3 is 14.6 Å². The van der Waals surface area contributed by atoms with Crippen LogP contribution in [0.5, 0.6) is 5.75 Å². The number of carboxylic acids is 1. The number of aliphatic carboxylic acids is 1. The Labute approximate surface area is 201 Å². The molecule has 0 aliphatic carbocycles. The second kappa shape index (κ2) is 8.54. The van der Waals surface area contributed by atoms with Crippen LogP contribution in [0, 0.1) is 6.92 Å². The SMILES string of the molecule is COc1cccc(Cl)c1Cn1nc(C)c2ccc(C(F)(F)C(=O)[O-])cc21.[K+]. The smallest absolute Gasteiger partial charge is 0.544 e. The van der Waals surface area contributed by atoms with Gasteiger partial charge in [0.05, 0.1) is 24.9 Å². The first-order valence-electron chi connectivity index (χ1n) is 7.64. The third-order valence-electron chi connectivity index (χ3n) is 4.16. The Kier molecular flexibility index (Phi) is 7.04. The second-order valence-corrected chi connectivity index (χ2v) is 6.16. The van der Waals surface area contributed by atoms with Crippen molar-refractivity contribution in [3.8, 4) is 5.75 Å². The zero-order valence-electron chi connectivity index (χ0n) is 14.9. The Morgan fingerprint density at radius 1 is 1.33 bits per heavy atom. The van der Waals surface area contributed by atoms with Gasteiger partial charge in [-0.15, -0.1) is 0 Å². The van der Waals surface area contributed by atoms with Crippen molar-refractivity contribution in [2.75, 3.05) is 7.11 Å². The molecule has 1 aromatic heterocycles. The minimum atomic E-state index is -4.10. The molecule has 27 heavy (non-hydrogen) atoms. The van der Waals surface area contributed by atoms with Gasteiger partial charge >= 0.3 is 57.3 Å². The number of fused-ring (bicyclic) bond motifs is 1. The van der Waals surface area contributed by atoms with E-state index in [0.717, 1.165) is 12.1 Å². The zero-order chi connectivity index (χ0) is 19.1. The summed E-state index contributed by atoms with van der Waals surface area (Å²) in [5, 5.41) is 16.2. The summed E-state index contributed by atoms with van der Waals surface area (Å²) in [5.41, 5.74) is 0.952. The van der Waals surface area contributed by atoms with Crippen LogP contribution in [0.4, 0.5) is 8.78 Å². The van der Waals surface area contributed by atoms with Gasteiger partial charge in [0, 0.05) is 21.5 Å². The molecule has 0 atom stereocenters. The number of rotatable bonds is 5. The normalized spacial score (nSPS) is 11.3. The number of nitrogens with zero attached hydrogens (tertiary/aromatic N) is 2. The van der Waals surface area contributed by atoms with Gasteiger partial charge in [-0.05, 0) is 25.1 Å². The van der Waals surface area contributed by atoms with Crippen LogP contribution in [0.15, 0.2) is 36.4 Å². The molecule has 0 aliphatic rings. The van der Waals surface area contributed by atoms with Crippen LogP contribution >= 0.6 is 11.6 Å². The number of halogens is 3. The summed E-state index contributed by atoms with van der Waals surface area (Å²) in [4.78, 5) is 10.7. The number of benzene rings is 2. The van der Waals surface area contributed by atoms with E-state index in [1.165, 1.54) is 17.9 Å². The van der Waals surface area contributed by atoms with Crippen LogP contribution in [-0.2, 0) is 17.3 Å². The Morgan fingerprint density at radius 3 is 2.67 bits per heavy atom. The van der Waals surface area contributed by atoms with E-state index in [-0.39, 0.29) is 57.9 Å². The first kappa shape index (κ1) is 22.3. The predicted molar refractivity (Wildman–Crippen MR) is 90.5 cm³/mol. The van der Waals surface area contributed by atoms with E-state index in [2.05, 4.69) is 5.10 Å². The van der Waals surface area contributed by atoms with E-state index in [1.54, 1.807) is 25.1 Å².